The summed E-state index contributed by atoms with van der Waals surface area (Å²) >= 11 is 1.22. The van der Waals surface area contributed by atoms with Crippen LogP contribution in [0.5, 0.6) is 0 Å². The van der Waals surface area contributed by atoms with E-state index >= 15 is 0 Å². The molecule has 0 bridgehead atoms. The van der Waals surface area contributed by atoms with Gasteiger partial charge in [0, 0.05) is 34.5 Å². The van der Waals surface area contributed by atoms with Crippen LogP contribution in [0.3, 0.4) is 0 Å². The molecule has 0 aliphatic carbocycles. The molecule has 7 nitrogen and oxygen atoms in total. The highest BCUT2D eigenvalue weighted by molar-refractivity contribution is 8.13. The summed E-state index contributed by atoms with van der Waals surface area (Å²) in [6.45, 7) is 1.96. The number of fused-ring (bicyclic) bond motifs is 1. The predicted octanol–water partition coefficient (Wildman–Crippen LogP) is 2.74. The minimum atomic E-state index is 0.0766. The molecule has 0 saturated carbocycles. The number of hydrogen-bond donors (Lipinski definition) is 4. The van der Waals surface area contributed by atoms with Crippen molar-refractivity contribution in [2.24, 2.45) is 5.73 Å². The fourth-order valence-corrected chi connectivity index (χ4v) is 3.24. The molecule has 3 rings (SSSR count). The molecular weight excluding hydrogens is 346 g/mol. The first-order valence-electron chi connectivity index (χ1n) is 7.73. The van der Waals surface area contributed by atoms with Crippen molar-refractivity contribution in [3.05, 3.63) is 65.5 Å². The maximum Gasteiger partial charge on any atom is 0.188 e. The van der Waals surface area contributed by atoms with Crippen molar-refractivity contribution < 1.29 is 0 Å². The van der Waals surface area contributed by atoms with Gasteiger partial charge in [0.05, 0.1) is 11.2 Å². The first-order valence-corrected chi connectivity index (χ1v) is 8.55. The Kier molecular flexibility index (Phi) is 4.94. The Morgan fingerprint density at radius 3 is 2.81 bits per heavy atom. The lowest BCUT2D eigenvalue weighted by Crippen LogP contribution is -2.27. The summed E-state index contributed by atoms with van der Waals surface area (Å²) in [6, 6.07) is 10.9. The molecule has 0 aliphatic heterocycles. The number of aryl methyl sites for hydroxylation is 1. The van der Waals surface area contributed by atoms with Gasteiger partial charge in [-0.1, -0.05) is 17.8 Å². The lowest BCUT2D eigenvalue weighted by Gasteiger charge is -2.11. The SMILES string of the molecule is Cc1cc2ncccc2cc1SC(=N)n1nc(/C(C=N)=C/N)ccc1=N. The van der Waals surface area contributed by atoms with Gasteiger partial charge < -0.3 is 11.1 Å². The van der Waals surface area contributed by atoms with Gasteiger partial charge in [-0.2, -0.15) is 9.78 Å². The predicted molar refractivity (Wildman–Crippen MR) is 104 cm³/mol. The molecule has 0 atom stereocenters. The van der Waals surface area contributed by atoms with Crippen molar-refractivity contribution in [1.29, 1.82) is 16.2 Å². The number of aromatic nitrogens is 3. The van der Waals surface area contributed by atoms with E-state index in [0.29, 0.717) is 11.3 Å². The second kappa shape index (κ2) is 7.32. The van der Waals surface area contributed by atoms with Gasteiger partial charge in [-0.05, 0) is 42.8 Å². The minimum Gasteiger partial charge on any atom is -0.404 e. The summed E-state index contributed by atoms with van der Waals surface area (Å²) in [4.78, 5) is 5.23. The van der Waals surface area contributed by atoms with E-state index in [1.807, 2.05) is 31.2 Å². The van der Waals surface area contributed by atoms with Crippen molar-refractivity contribution >= 4 is 39.6 Å². The molecule has 2 heterocycles. The zero-order valence-corrected chi connectivity index (χ0v) is 14.8. The van der Waals surface area contributed by atoms with Gasteiger partial charge in [0.2, 0.25) is 0 Å². The van der Waals surface area contributed by atoms with Crippen LogP contribution >= 0.6 is 11.8 Å². The third-order valence-corrected chi connectivity index (χ3v) is 4.79. The van der Waals surface area contributed by atoms with E-state index in [1.165, 1.54) is 28.7 Å². The van der Waals surface area contributed by atoms with E-state index in [1.54, 1.807) is 12.3 Å². The first kappa shape index (κ1) is 17.6. The zero-order valence-electron chi connectivity index (χ0n) is 14.0. The summed E-state index contributed by atoms with van der Waals surface area (Å²) in [5, 5.41) is 29.1. The van der Waals surface area contributed by atoms with Crippen LogP contribution in [0.4, 0.5) is 0 Å². The van der Waals surface area contributed by atoms with Crippen LogP contribution in [0.2, 0.25) is 0 Å². The number of nitrogens with one attached hydrogen (secondary N) is 3. The van der Waals surface area contributed by atoms with E-state index < -0.39 is 0 Å². The molecule has 0 fully saturated rings. The highest BCUT2D eigenvalue weighted by Crippen LogP contribution is 2.27. The van der Waals surface area contributed by atoms with Crippen LogP contribution in [0.1, 0.15) is 11.3 Å². The van der Waals surface area contributed by atoms with E-state index in [-0.39, 0.29) is 10.7 Å². The molecule has 0 aliphatic rings. The number of nitrogens with zero attached hydrogens (tertiary/aromatic N) is 3. The van der Waals surface area contributed by atoms with Crippen molar-refractivity contribution in [1.82, 2.24) is 14.8 Å². The van der Waals surface area contributed by atoms with Gasteiger partial charge in [-0.25, -0.2) is 0 Å². The van der Waals surface area contributed by atoms with E-state index in [0.717, 1.165) is 27.6 Å². The number of benzene rings is 1. The van der Waals surface area contributed by atoms with Crippen LogP contribution in [-0.2, 0) is 0 Å². The Balaban J connectivity index is 1.98. The average Bonchev–Trinajstić information content (AvgIpc) is 2.64. The minimum absolute atomic E-state index is 0.0766. The molecular formula is C18H17N7S. The average molecular weight is 363 g/mol. The molecule has 2 aromatic heterocycles. The Morgan fingerprint density at radius 2 is 2.08 bits per heavy atom. The third kappa shape index (κ3) is 3.40. The topological polar surface area (TPSA) is 128 Å². The Labute approximate surface area is 154 Å². The summed E-state index contributed by atoms with van der Waals surface area (Å²) in [7, 11) is 0. The van der Waals surface area contributed by atoms with Crippen molar-refractivity contribution in [3.63, 3.8) is 0 Å². The quantitative estimate of drug-likeness (QED) is 0.324. The highest BCUT2D eigenvalue weighted by Gasteiger charge is 2.11. The van der Waals surface area contributed by atoms with E-state index in [9.17, 15) is 0 Å². The first-order chi connectivity index (χ1) is 12.5. The molecule has 0 spiro atoms. The molecule has 0 amide bonds. The van der Waals surface area contributed by atoms with Gasteiger partial charge in [-0.3, -0.25) is 15.8 Å². The number of pyridine rings is 1. The van der Waals surface area contributed by atoms with Crippen molar-refractivity contribution in [2.45, 2.75) is 11.8 Å². The second-order valence-corrected chi connectivity index (χ2v) is 6.53. The van der Waals surface area contributed by atoms with Crippen molar-refractivity contribution in [2.75, 3.05) is 0 Å². The van der Waals surface area contributed by atoms with Crippen LogP contribution in [0.15, 0.2) is 53.7 Å². The number of thioether (sulfide) groups is 1. The van der Waals surface area contributed by atoms with Gasteiger partial charge in [-0.15, -0.1) is 0 Å². The van der Waals surface area contributed by atoms with Gasteiger partial charge >= 0.3 is 0 Å². The second-order valence-electron chi connectivity index (χ2n) is 5.50. The standard InChI is InChI=1S/C18H17N7S/c1-11-7-15-12(3-2-6-23-15)8-16(11)26-18(22)25-17(21)5-4-14(24-25)13(9-19)10-20/h2-10,19,21-22H,20H2,1H3/b13-10+,19-9?,21-17?,22-18?. The van der Waals surface area contributed by atoms with Crippen LogP contribution in [-0.4, -0.2) is 26.1 Å². The van der Waals surface area contributed by atoms with E-state index in [4.69, 9.17) is 22.0 Å². The third-order valence-electron chi connectivity index (χ3n) is 3.76. The lowest BCUT2D eigenvalue weighted by molar-refractivity contribution is 0.814. The largest absolute Gasteiger partial charge is 0.404 e. The number of allylic oxidation sites excluding steroid dienone is 1. The van der Waals surface area contributed by atoms with Crippen molar-refractivity contribution in [3.8, 4) is 0 Å². The van der Waals surface area contributed by atoms with Crippen LogP contribution < -0.4 is 11.2 Å². The summed E-state index contributed by atoms with van der Waals surface area (Å²) < 4.78 is 1.22. The molecule has 26 heavy (non-hydrogen) atoms. The number of nitrogens with two attached hydrogens (primary N) is 1. The number of hydrogen-bond acceptors (Lipinski definition) is 7. The molecule has 8 heteroatoms. The molecule has 1 aromatic carbocycles. The Bertz CT molecular complexity index is 1100. The Hall–Kier alpha value is -3.26. The van der Waals surface area contributed by atoms with Gasteiger partial charge in [0.1, 0.15) is 5.49 Å². The maximum absolute atomic E-state index is 8.38. The highest BCUT2D eigenvalue weighted by atomic mass is 32.2. The summed E-state index contributed by atoms with van der Waals surface area (Å²) in [5.74, 6) is 0. The van der Waals surface area contributed by atoms with E-state index in [2.05, 4.69) is 10.1 Å². The molecule has 130 valence electrons. The van der Waals surface area contributed by atoms with Crippen LogP contribution in [0.25, 0.3) is 16.5 Å². The molecule has 5 N–H and O–H groups in total. The van der Waals surface area contributed by atoms with Gasteiger partial charge in [0.25, 0.3) is 0 Å². The number of rotatable bonds is 3. The summed E-state index contributed by atoms with van der Waals surface area (Å²) in [5.41, 5.74) is 8.33. The fourth-order valence-electron chi connectivity index (χ4n) is 2.40. The normalized spacial score (nSPS) is 11.5. The molecule has 3 aromatic rings. The monoisotopic (exact) mass is 363 g/mol. The van der Waals surface area contributed by atoms with Crippen LogP contribution in [0, 0.1) is 23.2 Å². The maximum atomic E-state index is 8.38. The van der Waals surface area contributed by atoms with Gasteiger partial charge in [0.15, 0.2) is 5.17 Å². The molecule has 0 unspecified atom stereocenters. The molecule has 0 radical (unpaired) electrons. The lowest BCUT2D eigenvalue weighted by atomic mass is 10.1. The Morgan fingerprint density at radius 1 is 1.27 bits per heavy atom. The fraction of sp³-hybridized carbons (Fsp3) is 0.0556. The zero-order chi connectivity index (χ0) is 18.7. The molecule has 0 saturated heterocycles. The smallest absolute Gasteiger partial charge is 0.188 e. The summed E-state index contributed by atoms with van der Waals surface area (Å²) in [6.07, 6.45) is 4.12.